The molecule has 1 aliphatic rings. The maximum atomic E-state index is 12.3. The summed E-state index contributed by atoms with van der Waals surface area (Å²) in [5.41, 5.74) is 3.54. The maximum absolute atomic E-state index is 12.3. The van der Waals surface area contributed by atoms with E-state index in [0.717, 1.165) is 16.8 Å². The quantitative estimate of drug-likeness (QED) is 0.543. The number of benzene rings is 3. The predicted octanol–water partition coefficient (Wildman–Crippen LogP) is 4.86. The van der Waals surface area contributed by atoms with Crippen molar-refractivity contribution < 1.29 is 19.1 Å². The Morgan fingerprint density at radius 2 is 1.74 bits per heavy atom. The molecular formula is C24H19ClN2O4. The average Bonchev–Trinajstić information content (AvgIpc) is 3.08. The number of ether oxygens (including phenoxy) is 2. The lowest BCUT2D eigenvalue weighted by Gasteiger charge is -2.08. The largest absolute Gasteiger partial charge is 0.497 e. The second kappa shape index (κ2) is 8.93. The van der Waals surface area contributed by atoms with Crippen molar-refractivity contribution in [3.05, 3.63) is 82.9 Å². The van der Waals surface area contributed by atoms with Crippen molar-refractivity contribution in [1.82, 2.24) is 0 Å². The summed E-state index contributed by atoms with van der Waals surface area (Å²) in [5, 5.41) is 6.15. The van der Waals surface area contributed by atoms with Gasteiger partial charge in [-0.15, -0.1) is 0 Å². The number of methoxy groups -OCH3 is 1. The minimum Gasteiger partial charge on any atom is -0.497 e. The van der Waals surface area contributed by atoms with Crippen LogP contribution in [0.2, 0.25) is 5.02 Å². The Kier molecular flexibility index (Phi) is 5.91. The van der Waals surface area contributed by atoms with Crippen LogP contribution < -0.4 is 20.1 Å². The van der Waals surface area contributed by atoms with Crippen LogP contribution in [0.25, 0.3) is 11.6 Å². The van der Waals surface area contributed by atoms with Gasteiger partial charge in [0.1, 0.15) is 11.5 Å². The zero-order chi connectivity index (χ0) is 21.8. The molecule has 0 aromatic heterocycles. The lowest BCUT2D eigenvalue weighted by atomic mass is 10.0. The molecule has 0 unspecified atom stereocenters. The summed E-state index contributed by atoms with van der Waals surface area (Å²) in [5.74, 6) is 0.817. The summed E-state index contributed by atoms with van der Waals surface area (Å²) < 4.78 is 10.6. The van der Waals surface area contributed by atoms with Crippen molar-refractivity contribution in [2.24, 2.45) is 0 Å². The summed E-state index contributed by atoms with van der Waals surface area (Å²) >= 11 is 6.06. The number of hydrogen-bond acceptors (Lipinski definition) is 4. The molecule has 0 bridgehead atoms. The topological polar surface area (TPSA) is 76.7 Å². The van der Waals surface area contributed by atoms with E-state index in [9.17, 15) is 9.59 Å². The summed E-state index contributed by atoms with van der Waals surface area (Å²) in [6, 6.07) is 19.5. The fraction of sp³-hybridized carbons (Fsp3) is 0.0833. The lowest BCUT2D eigenvalue weighted by molar-refractivity contribution is -0.118. The monoisotopic (exact) mass is 434 g/mol. The van der Waals surface area contributed by atoms with Gasteiger partial charge in [-0.1, -0.05) is 23.7 Å². The molecule has 31 heavy (non-hydrogen) atoms. The van der Waals surface area contributed by atoms with Crippen LogP contribution >= 0.6 is 11.6 Å². The van der Waals surface area contributed by atoms with E-state index in [0.29, 0.717) is 27.8 Å². The highest BCUT2D eigenvalue weighted by Gasteiger charge is 2.24. The van der Waals surface area contributed by atoms with Gasteiger partial charge in [0.15, 0.2) is 6.61 Å². The molecule has 0 radical (unpaired) electrons. The Morgan fingerprint density at radius 3 is 2.45 bits per heavy atom. The molecule has 7 heteroatoms. The Morgan fingerprint density at radius 1 is 1.03 bits per heavy atom. The Bertz CT molecular complexity index is 1160. The van der Waals surface area contributed by atoms with Crippen LogP contribution in [0.4, 0.5) is 11.4 Å². The molecule has 0 fully saturated rings. The van der Waals surface area contributed by atoms with E-state index >= 15 is 0 Å². The van der Waals surface area contributed by atoms with E-state index in [2.05, 4.69) is 10.6 Å². The van der Waals surface area contributed by atoms with Gasteiger partial charge < -0.3 is 20.1 Å². The molecule has 3 aromatic carbocycles. The first-order chi connectivity index (χ1) is 15.0. The number of fused-ring (bicyclic) bond motifs is 1. The van der Waals surface area contributed by atoms with Crippen molar-refractivity contribution in [2.75, 3.05) is 24.4 Å². The Balaban J connectivity index is 1.37. The molecule has 1 heterocycles. The predicted molar refractivity (Wildman–Crippen MR) is 122 cm³/mol. The molecule has 0 atom stereocenters. The molecule has 0 saturated heterocycles. The Hall–Kier alpha value is -3.77. The number of carbonyl (C=O) groups is 2. The fourth-order valence-electron chi connectivity index (χ4n) is 3.15. The molecule has 0 aliphatic carbocycles. The van der Waals surface area contributed by atoms with Gasteiger partial charge in [0.2, 0.25) is 0 Å². The normalized spacial score (nSPS) is 13.5. The van der Waals surface area contributed by atoms with Gasteiger partial charge >= 0.3 is 0 Å². The standard InChI is InChI=1S/C24H19ClN2O4/c1-30-18-9-5-17(6-10-18)26-23(28)14-31-19-7-2-15(3-8-19)12-21-20-13-16(25)4-11-22(20)27-24(21)29/h2-13H,14H2,1H3,(H,26,28)(H,27,29)/b21-12+. The molecule has 0 spiro atoms. The molecule has 0 saturated carbocycles. The van der Waals surface area contributed by atoms with Crippen molar-refractivity contribution in [3.63, 3.8) is 0 Å². The van der Waals surface area contributed by atoms with Crippen molar-refractivity contribution in [1.29, 1.82) is 0 Å². The van der Waals surface area contributed by atoms with E-state index in [-0.39, 0.29) is 18.4 Å². The lowest BCUT2D eigenvalue weighted by Crippen LogP contribution is -2.20. The number of hydrogen-bond donors (Lipinski definition) is 2. The van der Waals surface area contributed by atoms with Gasteiger partial charge in [-0.3, -0.25) is 9.59 Å². The zero-order valence-corrected chi connectivity index (χ0v) is 17.4. The van der Waals surface area contributed by atoms with Crippen LogP contribution in [-0.2, 0) is 9.59 Å². The van der Waals surface area contributed by atoms with Crippen molar-refractivity contribution >= 4 is 46.4 Å². The minimum atomic E-state index is -0.271. The zero-order valence-electron chi connectivity index (χ0n) is 16.6. The minimum absolute atomic E-state index is 0.124. The van der Waals surface area contributed by atoms with Gasteiger partial charge in [0, 0.05) is 27.5 Å². The number of halogens is 1. The number of amides is 2. The number of rotatable bonds is 6. The van der Waals surface area contributed by atoms with E-state index in [4.69, 9.17) is 21.1 Å². The molecule has 3 aromatic rings. The van der Waals surface area contributed by atoms with Crippen LogP contribution in [0.15, 0.2) is 66.7 Å². The second-order valence-electron chi connectivity index (χ2n) is 6.84. The molecular weight excluding hydrogens is 416 g/mol. The molecule has 6 nitrogen and oxygen atoms in total. The van der Waals surface area contributed by atoms with Gasteiger partial charge in [0.05, 0.1) is 7.11 Å². The second-order valence-corrected chi connectivity index (χ2v) is 7.27. The van der Waals surface area contributed by atoms with E-state index < -0.39 is 0 Å². The van der Waals surface area contributed by atoms with Crippen LogP contribution in [0.5, 0.6) is 11.5 Å². The van der Waals surface area contributed by atoms with Gasteiger partial charge in [-0.2, -0.15) is 0 Å². The number of nitrogens with one attached hydrogen (secondary N) is 2. The third-order valence-corrected chi connectivity index (χ3v) is 4.93. The van der Waals surface area contributed by atoms with E-state index in [1.54, 1.807) is 67.8 Å². The third kappa shape index (κ3) is 4.87. The van der Waals surface area contributed by atoms with Gasteiger partial charge in [-0.05, 0) is 66.2 Å². The molecule has 2 amide bonds. The van der Waals surface area contributed by atoms with Crippen molar-refractivity contribution in [2.45, 2.75) is 0 Å². The fourth-order valence-corrected chi connectivity index (χ4v) is 3.32. The van der Waals surface area contributed by atoms with Crippen LogP contribution in [-0.4, -0.2) is 25.5 Å². The Labute approximate surface area is 184 Å². The summed E-state index contributed by atoms with van der Waals surface area (Å²) in [6.07, 6.45) is 1.79. The highest BCUT2D eigenvalue weighted by atomic mass is 35.5. The van der Waals surface area contributed by atoms with Crippen LogP contribution in [0.3, 0.4) is 0 Å². The summed E-state index contributed by atoms with van der Waals surface area (Å²) in [6.45, 7) is -0.124. The maximum Gasteiger partial charge on any atom is 0.262 e. The molecule has 2 N–H and O–H groups in total. The molecule has 4 rings (SSSR count). The average molecular weight is 435 g/mol. The number of carbonyl (C=O) groups excluding carboxylic acids is 2. The molecule has 156 valence electrons. The van der Waals surface area contributed by atoms with E-state index in [1.165, 1.54) is 0 Å². The van der Waals surface area contributed by atoms with Gasteiger partial charge in [-0.25, -0.2) is 0 Å². The van der Waals surface area contributed by atoms with Crippen LogP contribution in [0.1, 0.15) is 11.1 Å². The number of anilines is 2. The summed E-state index contributed by atoms with van der Waals surface area (Å²) in [7, 11) is 1.58. The summed E-state index contributed by atoms with van der Waals surface area (Å²) in [4.78, 5) is 24.4. The first-order valence-electron chi connectivity index (χ1n) is 9.51. The smallest absolute Gasteiger partial charge is 0.262 e. The van der Waals surface area contributed by atoms with Crippen molar-refractivity contribution in [3.8, 4) is 11.5 Å². The first-order valence-corrected chi connectivity index (χ1v) is 9.89. The van der Waals surface area contributed by atoms with Crippen LogP contribution in [0, 0.1) is 0 Å². The van der Waals surface area contributed by atoms with Gasteiger partial charge in [0.25, 0.3) is 11.8 Å². The third-order valence-electron chi connectivity index (χ3n) is 4.70. The van der Waals surface area contributed by atoms with E-state index in [1.807, 2.05) is 12.1 Å². The highest BCUT2D eigenvalue weighted by Crippen LogP contribution is 2.35. The first kappa shape index (κ1) is 20.5. The highest BCUT2D eigenvalue weighted by molar-refractivity contribution is 6.36. The molecule has 1 aliphatic heterocycles. The SMILES string of the molecule is COc1ccc(NC(=O)COc2ccc(/C=C3/C(=O)Nc4ccc(Cl)cc43)cc2)cc1.